The average Bonchev–Trinajstić information content (AvgIpc) is 3.55. The summed E-state index contributed by atoms with van der Waals surface area (Å²) in [7, 11) is 1.86. The number of aldehydes is 1. The van der Waals surface area contributed by atoms with Gasteiger partial charge in [-0.05, 0) is 61.9 Å². The van der Waals surface area contributed by atoms with Gasteiger partial charge >= 0.3 is 5.97 Å². The Bertz CT molecular complexity index is 1020. The maximum atomic E-state index is 12.5. The van der Waals surface area contributed by atoms with E-state index in [-0.39, 0.29) is 18.1 Å². The van der Waals surface area contributed by atoms with Gasteiger partial charge in [0.1, 0.15) is 11.3 Å². The first-order valence-electron chi connectivity index (χ1n) is 10.7. The molecule has 1 aliphatic carbocycles. The van der Waals surface area contributed by atoms with Gasteiger partial charge in [-0.2, -0.15) is 0 Å². The molecule has 1 aromatic heterocycles. The highest BCUT2D eigenvalue weighted by Crippen LogP contribution is 2.42. The van der Waals surface area contributed by atoms with Gasteiger partial charge in [-0.3, -0.25) is 9.59 Å². The molecule has 0 saturated carbocycles. The number of amides is 1. The number of anilines is 2. The van der Waals surface area contributed by atoms with Crippen LogP contribution >= 0.6 is 22.9 Å². The summed E-state index contributed by atoms with van der Waals surface area (Å²) in [5.74, 6) is -1.96. The third-order valence-electron chi connectivity index (χ3n) is 6.25. The van der Waals surface area contributed by atoms with Gasteiger partial charge in [0.15, 0.2) is 0 Å². The highest BCUT2D eigenvalue weighted by Gasteiger charge is 2.52. The number of rotatable bonds is 5. The number of fused-ring (bicyclic) bond motifs is 3. The summed E-state index contributed by atoms with van der Waals surface area (Å²) < 4.78 is 5.34. The number of benzene rings is 1. The maximum Gasteiger partial charge on any atom is 0.309 e. The van der Waals surface area contributed by atoms with Crippen molar-refractivity contribution in [2.75, 3.05) is 17.7 Å². The minimum atomic E-state index is -0.903. The number of thiophene rings is 1. The van der Waals surface area contributed by atoms with Crippen molar-refractivity contribution >= 4 is 51.8 Å². The number of nitrogens with one attached hydrogen (secondary N) is 2. The number of halogens is 1. The van der Waals surface area contributed by atoms with E-state index in [0.29, 0.717) is 5.02 Å². The van der Waals surface area contributed by atoms with Gasteiger partial charge < -0.3 is 25.3 Å². The first kappa shape index (κ1) is 22.8. The lowest BCUT2D eigenvalue weighted by Gasteiger charge is -2.19. The Balaban J connectivity index is 0.000000174. The topological polar surface area (TPSA) is 105 Å². The zero-order valence-corrected chi connectivity index (χ0v) is 19.2. The molecule has 4 atom stereocenters. The van der Waals surface area contributed by atoms with Crippen molar-refractivity contribution in [3.05, 3.63) is 45.3 Å². The summed E-state index contributed by atoms with van der Waals surface area (Å²) in [6.45, 7) is 0. The number of carbonyl (C=O) groups excluding carboxylic acids is 2. The summed E-state index contributed by atoms with van der Waals surface area (Å²) in [6, 6.07) is 7.17. The predicted molar refractivity (Wildman–Crippen MR) is 124 cm³/mol. The molecule has 3 heterocycles. The summed E-state index contributed by atoms with van der Waals surface area (Å²) in [5, 5.41) is 16.5. The minimum absolute atomic E-state index is 0.0453. The van der Waals surface area contributed by atoms with E-state index in [4.69, 9.17) is 21.4 Å². The standard InChI is InChI=1S/C15H15ClN2OS.C8H10O4/c1-17-15-13(11-3-2-4-12(11)20-15)14(19)18-10-7-5-9(16)6-8-10;9-3-4-5-1-2-6(12-5)7(4)8(10)11/h5-8,17H,2-4H2,1H3,(H,18,19);3-7H,1-2H2,(H,10,11). The largest absolute Gasteiger partial charge is 0.481 e. The average molecular weight is 477 g/mol. The van der Waals surface area contributed by atoms with Gasteiger partial charge in [0.2, 0.25) is 0 Å². The van der Waals surface area contributed by atoms with Crippen molar-refractivity contribution in [1.82, 2.24) is 0 Å². The van der Waals surface area contributed by atoms with Crippen LogP contribution in [0, 0.1) is 11.8 Å². The van der Waals surface area contributed by atoms with Crippen LogP contribution in [0.3, 0.4) is 0 Å². The van der Waals surface area contributed by atoms with Gasteiger partial charge in [-0.25, -0.2) is 0 Å². The Morgan fingerprint density at radius 2 is 1.91 bits per heavy atom. The third kappa shape index (κ3) is 4.40. The zero-order valence-electron chi connectivity index (χ0n) is 17.6. The molecule has 3 aliphatic rings. The molecule has 4 unspecified atom stereocenters. The summed E-state index contributed by atoms with van der Waals surface area (Å²) in [5.41, 5.74) is 2.78. The highest BCUT2D eigenvalue weighted by atomic mass is 35.5. The molecule has 2 aromatic rings. The van der Waals surface area contributed by atoms with Crippen LogP contribution in [0.5, 0.6) is 0 Å². The molecule has 170 valence electrons. The van der Waals surface area contributed by atoms with Crippen molar-refractivity contribution < 1.29 is 24.2 Å². The molecule has 5 rings (SSSR count). The normalized spacial score (nSPS) is 24.9. The van der Waals surface area contributed by atoms with Crippen molar-refractivity contribution in [1.29, 1.82) is 0 Å². The lowest BCUT2D eigenvalue weighted by molar-refractivity contribution is -0.145. The number of hydrogen-bond acceptors (Lipinski definition) is 6. The molecule has 32 heavy (non-hydrogen) atoms. The molecule has 9 heteroatoms. The van der Waals surface area contributed by atoms with Crippen molar-refractivity contribution in [3.8, 4) is 0 Å². The summed E-state index contributed by atoms with van der Waals surface area (Å²) in [4.78, 5) is 35.2. The molecule has 1 aromatic carbocycles. The van der Waals surface area contributed by atoms with Crippen LogP contribution < -0.4 is 10.6 Å². The van der Waals surface area contributed by atoms with Gasteiger partial charge in [0, 0.05) is 22.6 Å². The number of carboxylic acid groups (broad SMARTS) is 1. The second kappa shape index (κ2) is 9.60. The van der Waals surface area contributed by atoms with E-state index in [1.165, 1.54) is 10.4 Å². The number of carboxylic acids is 1. The van der Waals surface area contributed by atoms with Crippen LogP contribution in [0.25, 0.3) is 0 Å². The molecule has 2 saturated heterocycles. The maximum absolute atomic E-state index is 12.5. The zero-order chi connectivity index (χ0) is 22.8. The fourth-order valence-electron chi connectivity index (χ4n) is 4.76. The van der Waals surface area contributed by atoms with E-state index >= 15 is 0 Å². The molecule has 7 nitrogen and oxygen atoms in total. The Morgan fingerprint density at radius 1 is 1.19 bits per heavy atom. The van der Waals surface area contributed by atoms with Crippen LogP contribution in [-0.4, -0.2) is 42.5 Å². The third-order valence-corrected chi connectivity index (χ3v) is 7.81. The molecule has 0 radical (unpaired) electrons. The van der Waals surface area contributed by atoms with Crippen molar-refractivity contribution in [2.45, 2.75) is 44.3 Å². The van der Waals surface area contributed by atoms with E-state index in [1.54, 1.807) is 23.5 Å². The molecule has 2 bridgehead atoms. The van der Waals surface area contributed by atoms with Gasteiger partial charge in [0.05, 0.1) is 29.6 Å². The van der Waals surface area contributed by atoms with E-state index in [1.807, 2.05) is 19.2 Å². The molecular weight excluding hydrogens is 452 g/mol. The quantitative estimate of drug-likeness (QED) is 0.557. The van der Waals surface area contributed by atoms with Gasteiger partial charge in [-0.1, -0.05) is 11.6 Å². The van der Waals surface area contributed by atoms with Gasteiger partial charge in [-0.15, -0.1) is 11.3 Å². The summed E-state index contributed by atoms with van der Waals surface area (Å²) >= 11 is 7.55. The molecule has 3 N–H and O–H groups in total. The fourth-order valence-corrected chi connectivity index (χ4v) is 6.13. The number of carbonyl (C=O) groups is 3. The molecular formula is C23H25ClN2O5S. The van der Waals surface area contributed by atoms with Crippen molar-refractivity contribution in [3.63, 3.8) is 0 Å². The van der Waals surface area contributed by atoms with Crippen LogP contribution in [-0.2, 0) is 27.2 Å². The van der Waals surface area contributed by atoms with Crippen molar-refractivity contribution in [2.24, 2.45) is 11.8 Å². The molecule has 2 fully saturated rings. The first-order valence-corrected chi connectivity index (χ1v) is 11.8. The second-order valence-corrected chi connectivity index (χ2v) is 9.68. The Hall–Kier alpha value is -2.42. The van der Waals surface area contributed by atoms with E-state index in [0.717, 1.165) is 54.6 Å². The first-order chi connectivity index (χ1) is 15.4. The molecule has 1 amide bonds. The monoisotopic (exact) mass is 476 g/mol. The summed E-state index contributed by atoms with van der Waals surface area (Å²) in [6.07, 6.45) is 5.22. The van der Waals surface area contributed by atoms with Gasteiger partial charge in [0.25, 0.3) is 5.91 Å². The smallest absolute Gasteiger partial charge is 0.309 e. The number of aliphatic carboxylic acids is 1. The minimum Gasteiger partial charge on any atom is -0.481 e. The van der Waals surface area contributed by atoms with Crippen LogP contribution in [0.1, 0.15) is 40.1 Å². The molecule has 2 aliphatic heterocycles. The lowest BCUT2D eigenvalue weighted by Crippen LogP contribution is -2.34. The Labute approximate surface area is 195 Å². The molecule has 0 spiro atoms. The SMILES string of the molecule is CNc1sc2c(c1C(=O)Nc1ccc(Cl)cc1)CCC2.O=CC1C2CCC(O2)C1C(=O)O. The Morgan fingerprint density at radius 3 is 2.53 bits per heavy atom. The lowest BCUT2D eigenvalue weighted by atomic mass is 9.80. The van der Waals surface area contributed by atoms with E-state index in [2.05, 4.69) is 10.6 Å². The van der Waals surface area contributed by atoms with Crippen LogP contribution in [0.15, 0.2) is 24.3 Å². The Kier molecular flexibility index (Phi) is 6.83. The van der Waals surface area contributed by atoms with E-state index in [9.17, 15) is 14.4 Å². The van der Waals surface area contributed by atoms with E-state index < -0.39 is 17.8 Å². The fraction of sp³-hybridized carbons (Fsp3) is 0.435. The number of hydrogen-bond donors (Lipinski definition) is 3. The highest BCUT2D eigenvalue weighted by molar-refractivity contribution is 7.16. The number of ether oxygens (including phenoxy) is 1. The predicted octanol–water partition coefficient (Wildman–Crippen LogP) is 4.25. The number of aryl methyl sites for hydroxylation is 1. The van der Waals surface area contributed by atoms with Crippen LogP contribution in [0.2, 0.25) is 5.02 Å². The second-order valence-electron chi connectivity index (χ2n) is 8.14. The van der Waals surface area contributed by atoms with Crippen LogP contribution in [0.4, 0.5) is 10.7 Å².